The number of hydrogen-bond donors (Lipinski definition) is 23. The molecule has 0 unspecified atom stereocenters. The highest BCUT2D eigenvalue weighted by molar-refractivity contribution is 5.73. The third kappa shape index (κ3) is 14.9. The van der Waals surface area contributed by atoms with Crippen molar-refractivity contribution < 1.29 is 178 Å². The lowest BCUT2D eigenvalue weighted by Gasteiger charge is -2.50. The van der Waals surface area contributed by atoms with E-state index in [1.54, 1.807) is 0 Å². The molecule has 7 aliphatic rings. The maximum absolute atomic E-state index is 12.7. The number of carbonyl (C=O) groups excluding carboxylic acids is 2. The first-order valence-corrected chi connectivity index (χ1v) is 26.6. The predicted octanol–water partition coefficient (Wildman–Crippen LogP) is -16.0. The summed E-state index contributed by atoms with van der Waals surface area (Å²) in [5, 5.41) is 231. The molecule has 0 radical (unpaired) electrons. The van der Waals surface area contributed by atoms with E-state index in [-0.39, 0.29) is 0 Å². The van der Waals surface area contributed by atoms with Gasteiger partial charge in [-0.25, -0.2) is 0 Å². The lowest BCUT2D eigenvalue weighted by molar-refractivity contribution is -0.388. The van der Waals surface area contributed by atoms with E-state index in [9.17, 15) is 117 Å². The fourth-order valence-corrected chi connectivity index (χ4v) is 10.6. The van der Waals surface area contributed by atoms with Gasteiger partial charge in [-0.15, -0.1) is 0 Å². The standard InChI is InChI=1S/C46H78N2O36/c1-10(54)47-19-26(61)36(15(6-52)74-40(19)71)81-41-20(48-11(2)55)27(62)37(16(7-53)78-41)82-46-35(70)39(84-45-33(68)30(65)23(58)17(79-45)8-72-42-31(66)28(63)21(56)12(3-49)75-42)25(60)18(80-46)9-73-43-34(69)38(24(59)14(5-51)76-43)83-44-32(67)29(64)22(57)13(4-50)77-44/h12-46,49-53,56-71H,3-9H2,1-2H3,(H,47,54)(H,48,55)/t12-,13-,14-,15-,16-,17-,18-,19-,20-,21-,22-,23-,24-,25-,26-,27-,28+,29+,30+,31+,32+,33+,34+,35+,36-,37-,38+,39+,40-,41+,42-,43+,44+,45+,46+/m1/s1. The Morgan fingerprint density at radius 2 is 0.607 bits per heavy atom. The molecule has 84 heavy (non-hydrogen) atoms. The molecular formula is C46H78N2O36. The normalized spacial score (nSPS) is 50.3. The van der Waals surface area contributed by atoms with Gasteiger partial charge in [-0.2, -0.15) is 0 Å². The van der Waals surface area contributed by atoms with Crippen LogP contribution in [-0.2, 0) is 71.2 Å². The van der Waals surface area contributed by atoms with Gasteiger partial charge in [0, 0.05) is 13.8 Å². The van der Waals surface area contributed by atoms with Crippen LogP contribution in [0.5, 0.6) is 0 Å². The molecular weight excluding hydrogens is 1160 g/mol. The van der Waals surface area contributed by atoms with E-state index in [0.717, 1.165) is 13.8 Å². The van der Waals surface area contributed by atoms with Crippen molar-refractivity contribution in [3.05, 3.63) is 0 Å². The van der Waals surface area contributed by atoms with Gasteiger partial charge >= 0.3 is 0 Å². The number of ether oxygens (including phenoxy) is 13. The van der Waals surface area contributed by atoms with Gasteiger partial charge in [0.25, 0.3) is 0 Å². The largest absolute Gasteiger partial charge is 0.394 e. The van der Waals surface area contributed by atoms with Crippen LogP contribution < -0.4 is 10.6 Å². The van der Waals surface area contributed by atoms with Gasteiger partial charge in [-0.1, -0.05) is 0 Å². The summed E-state index contributed by atoms with van der Waals surface area (Å²) in [6.07, 6.45) is -64.7. The highest BCUT2D eigenvalue weighted by Gasteiger charge is 2.58. The number of aliphatic hydroxyl groups is 21. The van der Waals surface area contributed by atoms with Gasteiger partial charge < -0.3 is 179 Å². The summed E-state index contributed by atoms with van der Waals surface area (Å²) in [4.78, 5) is 24.6. The van der Waals surface area contributed by atoms with Crippen molar-refractivity contribution in [2.45, 2.75) is 229 Å². The first-order chi connectivity index (χ1) is 39.7. The molecule has 0 aliphatic carbocycles. The van der Waals surface area contributed by atoms with Gasteiger partial charge in [-0.05, 0) is 0 Å². The van der Waals surface area contributed by atoms with Crippen LogP contribution in [0.3, 0.4) is 0 Å². The SMILES string of the molecule is CC(=O)N[C@@H]1[C@@H](O)[C@H](O[C@@H]2O[C@H](CO)[C@@H](O[C@@H]3O[C@H](CO[C@H]4O[C@H](CO)[C@@H](O)[C@H](O[C@@H]5O[C@H](CO)[C@@H](O)[C@H](O)[C@@H]5O)[C@@H]4O)[C@@H](O)[C@H](O[C@@H]4O[C@H](CO[C@@H]5O[C@H](CO)[C@@H](O)[C@H](O)[C@@H]5O)[C@@H](O)[C@H](O)[C@@H]4O)[C@@H]3O)[C@H](O)[C@H]2NC(C)=O)[C@@H](CO)O[C@H]1O. The molecule has 35 atom stereocenters. The molecule has 7 heterocycles. The lowest BCUT2D eigenvalue weighted by atomic mass is 9.94. The minimum absolute atomic E-state index is 0.740. The van der Waals surface area contributed by atoms with Crippen molar-refractivity contribution in [1.82, 2.24) is 10.6 Å². The van der Waals surface area contributed by atoms with Gasteiger partial charge in [0.15, 0.2) is 44.0 Å². The van der Waals surface area contributed by atoms with E-state index in [1.807, 2.05) is 0 Å². The highest BCUT2D eigenvalue weighted by atomic mass is 16.8. The molecule has 38 nitrogen and oxygen atoms in total. The summed E-state index contributed by atoms with van der Waals surface area (Å²) < 4.78 is 74.0. The second-order valence-electron chi connectivity index (χ2n) is 21.1. The first-order valence-electron chi connectivity index (χ1n) is 26.6. The van der Waals surface area contributed by atoms with Crippen molar-refractivity contribution in [2.24, 2.45) is 0 Å². The maximum Gasteiger partial charge on any atom is 0.217 e. The van der Waals surface area contributed by atoms with Gasteiger partial charge in [0.05, 0.1) is 46.2 Å². The number of aliphatic hydroxyl groups excluding tert-OH is 21. The van der Waals surface area contributed by atoms with Crippen molar-refractivity contribution in [3.63, 3.8) is 0 Å². The van der Waals surface area contributed by atoms with Gasteiger partial charge in [-0.3, -0.25) is 9.59 Å². The summed E-state index contributed by atoms with van der Waals surface area (Å²) >= 11 is 0. The topological polar surface area (TPSA) is 603 Å². The molecule has 7 aliphatic heterocycles. The molecule has 0 aromatic rings. The molecule has 0 bridgehead atoms. The highest BCUT2D eigenvalue weighted by Crippen LogP contribution is 2.37. The summed E-state index contributed by atoms with van der Waals surface area (Å²) in [7, 11) is 0. The number of nitrogens with one attached hydrogen (secondary N) is 2. The van der Waals surface area contributed by atoms with E-state index in [1.165, 1.54) is 0 Å². The summed E-state index contributed by atoms with van der Waals surface area (Å²) in [5.41, 5.74) is 0. The van der Waals surface area contributed by atoms with E-state index in [4.69, 9.17) is 61.6 Å². The van der Waals surface area contributed by atoms with Crippen LogP contribution >= 0.6 is 0 Å². The van der Waals surface area contributed by atoms with Crippen molar-refractivity contribution in [2.75, 3.05) is 46.2 Å². The molecule has 7 rings (SSSR count). The van der Waals surface area contributed by atoms with Crippen molar-refractivity contribution in [3.8, 4) is 0 Å². The average molecular weight is 1240 g/mol. The third-order valence-electron chi connectivity index (χ3n) is 15.3. The Morgan fingerprint density at radius 1 is 0.310 bits per heavy atom. The smallest absolute Gasteiger partial charge is 0.217 e. The zero-order valence-electron chi connectivity index (χ0n) is 44.7. The zero-order chi connectivity index (χ0) is 61.9. The van der Waals surface area contributed by atoms with Crippen LogP contribution in [0.1, 0.15) is 13.8 Å². The fraction of sp³-hybridized carbons (Fsp3) is 0.957. The molecule has 0 aromatic carbocycles. The Morgan fingerprint density at radius 3 is 1.07 bits per heavy atom. The second kappa shape index (κ2) is 29.9. The van der Waals surface area contributed by atoms with E-state index in [0.29, 0.717) is 0 Å². The number of amides is 2. The Balaban J connectivity index is 1.15. The number of carbonyl (C=O) groups is 2. The van der Waals surface area contributed by atoms with E-state index < -0.39 is 273 Å². The monoisotopic (exact) mass is 1230 g/mol. The minimum atomic E-state index is -2.38. The molecule has 7 fully saturated rings. The first kappa shape index (κ1) is 69.1. The van der Waals surface area contributed by atoms with E-state index in [2.05, 4.69) is 10.6 Å². The van der Waals surface area contributed by atoms with E-state index >= 15 is 0 Å². The number of rotatable bonds is 21. The predicted molar refractivity (Wildman–Crippen MR) is 255 cm³/mol. The summed E-state index contributed by atoms with van der Waals surface area (Å²) in [5.74, 6) is -1.61. The maximum atomic E-state index is 12.7. The summed E-state index contributed by atoms with van der Waals surface area (Å²) in [6, 6.07) is -3.38. The summed E-state index contributed by atoms with van der Waals surface area (Å²) in [6.45, 7) is -4.69. The average Bonchev–Trinajstić information content (AvgIpc) is 3.08. The minimum Gasteiger partial charge on any atom is -0.394 e. The molecule has 0 spiro atoms. The Labute approximate surface area is 475 Å². The molecule has 38 heteroatoms. The Hall–Kier alpha value is -2.42. The van der Waals surface area contributed by atoms with Crippen LogP contribution in [0.4, 0.5) is 0 Å². The molecule has 0 aromatic heterocycles. The van der Waals surface area contributed by atoms with Crippen molar-refractivity contribution >= 4 is 11.8 Å². The fourth-order valence-electron chi connectivity index (χ4n) is 10.6. The molecule has 488 valence electrons. The van der Waals surface area contributed by atoms with Crippen LogP contribution in [-0.4, -0.2) is 380 Å². The molecule has 0 saturated carbocycles. The Bertz CT molecular complexity index is 2060. The number of hydrogen-bond acceptors (Lipinski definition) is 36. The third-order valence-corrected chi connectivity index (χ3v) is 15.3. The lowest BCUT2D eigenvalue weighted by Crippen LogP contribution is -2.70. The van der Waals surface area contributed by atoms with Crippen LogP contribution in [0.2, 0.25) is 0 Å². The van der Waals surface area contributed by atoms with Gasteiger partial charge in [0.2, 0.25) is 11.8 Å². The molecule has 23 N–H and O–H groups in total. The second-order valence-corrected chi connectivity index (χ2v) is 21.1. The van der Waals surface area contributed by atoms with Gasteiger partial charge in [0.1, 0.15) is 171 Å². The Kier molecular flexibility index (Phi) is 24.6. The van der Waals surface area contributed by atoms with Crippen molar-refractivity contribution in [1.29, 1.82) is 0 Å². The van der Waals surface area contributed by atoms with Crippen LogP contribution in [0.25, 0.3) is 0 Å². The quantitative estimate of drug-likeness (QED) is 0.0507. The van der Waals surface area contributed by atoms with Crippen LogP contribution in [0, 0.1) is 0 Å². The molecule has 7 saturated heterocycles. The van der Waals surface area contributed by atoms with Crippen LogP contribution in [0.15, 0.2) is 0 Å². The zero-order valence-corrected chi connectivity index (χ0v) is 44.7. The molecule has 2 amide bonds.